The maximum Gasteiger partial charge on any atom is 0.231 e. The van der Waals surface area contributed by atoms with Crippen LogP contribution in [0.4, 0.5) is 0 Å². The highest BCUT2D eigenvalue weighted by Gasteiger charge is 2.61. The normalized spacial score (nSPS) is 31.4. The van der Waals surface area contributed by atoms with E-state index in [4.69, 9.17) is 23.7 Å². The molecule has 8 nitrogen and oxygen atoms in total. The fraction of sp³-hybridized carbons (Fsp3) is 0.455. The second kappa shape index (κ2) is 6.16. The Labute approximate surface area is 173 Å². The number of hydrogen-bond acceptors (Lipinski definition) is 7. The van der Waals surface area contributed by atoms with Gasteiger partial charge < -0.3 is 28.3 Å². The van der Waals surface area contributed by atoms with E-state index in [0.29, 0.717) is 6.42 Å². The monoisotopic (exact) mass is 409 g/mol. The van der Waals surface area contributed by atoms with Crippen LogP contribution < -0.4 is 9.47 Å². The third-order valence-electron chi connectivity index (χ3n) is 6.05. The predicted molar refractivity (Wildman–Crippen MR) is 106 cm³/mol. The van der Waals surface area contributed by atoms with E-state index < -0.39 is 11.4 Å². The van der Waals surface area contributed by atoms with Gasteiger partial charge in [-0.3, -0.25) is 0 Å². The highest BCUT2D eigenvalue weighted by Crippen LogP contribution is 2.50. The van der Waals surface area contributed by atoms with Gasteiger partial charge in [0.25, 0.3) is 0 Å². The Morgan fingerprint density at radius 3 is 2.83 bits per heavy atom. The number of hydrogen-bond donors (Lipinski definition) is 0. The topological polar surface area (TPSA) is 76.9 Å². The fourth-order valence-electron chi connectivity index (χ4n) is 4.80. The average Bonchev–Trinajstić information content (AvgIpc) is 3.45. The number of rotatable bonds is 3. The molecule has 0 spiro atoms. The molecule has 8 heteroatoms. The van der Waals surface area contributed by atoms with Crippen LogP contribution >= 0.6 is 0 Å². The molecule has 156 valence electrons. The lowest BCUT2D eigenvalue weighted by Gasteiger charge is -2.32. The van der Waals surface area contributed by atoms with Gasteiger partial charge in [0, 0.05) is 24.2 Å². The first-order chi connectivity index (χ1) is 14.4. The van der Waals surface area contributed by atoms with Crippen LogP contribution in [0.5, 0.6) is 11.5 Å². The Morgan fingerprint density at radius 2 is 1.93 bits per heavy atom. The van der Waals surface area contributed by atoms with Gasteiger partial charge in [0.15, 0.2) is 23.5 Å². The minimum Gasteiger partial charge on any atom is -0.454 e. The second-order valence-electron chi connectivity index (χ2n) is 8.73. The van der Waals surface area contributed by atoms with Crippen LogP contribution in [0, 0.1) is 0 Å². The van der Waals surface area contributed by atoms with E-state index in [9.17, 15) is 0 Å². The lowest BCUT2D eigenvalue weighted by Crippen LogP contribution is -2.42. The summed E-state index contributed by atoms with van der Waals surface area (Å²) in [5, 5.41) is 0.959. The molecule has 3 aliphatic heterocycles. The molecule has 0 saturated carbocycles. The molecule has 3 aromatic rings. The summed E-state index contributed by atoms with van der Waals surface area (Å²) in [5.41, 5.74) is 1.31. The van der Waals surface area contributed by atoms with Crippen molar-refractivity contribution in [2.75, 3.05) is 6.79 Å². The quantitative estimate of drug-likeness (QED) is 0.657. The summed E-state index contributed by atoms with van der Waals surface area (Å²) in [6.45, 7) is 6.23. The van der Waals surface area contributed by atoms with Crippen molar-refractivity contribution in [2.45, 2.75) is 57.0 Å². The molecule has 3 aliphatic rings. The Kier molecular flexibility index (Phi) is 3.72. The van der Waals surface area contributed by atoms with Crippen LogP contribution in [-0.2, 0) is 20.6 Å². The van der Waals surface area contributed by atoms with Gasteiger partial charge in [-0.25, -0.2) is 9.97 Å². The van der Waals surface area contributed by atoms with Gasteiger partial charge in [-0.1, -0.05) is 6.07 Å². The molecule has 0 bridgehead atoms. The third kappa shape index (κ3) is 2.71. The van der Waals surface area contributed by atoms with Crippen LogP contribution in [0.1, 0.15) is 32.6 Å². The zero-order valence-corrected chi connectivity index (χ0v) is 17.1. The molecular weight excluding hydrogens is 386 g/mol. The molecule has 0 amide bonds. The van der Waals surface area contributed by atoms with Gasteiger partial charge in [0.2, 0.25) is 6.79 Å². The first-order valence-corrected chi connectivity index (χ1v) is 10.1. The highest BCUT2D eigenvalue weighted by molar-refractivity contribution is 5.74. The van der Waals surface area contributed by atoms with Crippen LogP contribution in [-0.4, -0.2) is 44.9 Å². The first-order valence-electron chi connectivity index (χ1n) is 10.1. The lowest BCUT2D eigenvalue weighted by atomic mass is 9.90. The van der Waals surface area contributed by atoms with Gasteiger partial charge in [0.05, 0.1) is 0 Å². The van der Waals surface area contributed by atoms with E-state index in [-0.39, 0.29) is 25.2 Å². The summed E-state index contributed by atoms with van der Waals surface area (Å²) in [5.74, 6) is 0.845. The van der Waals surface area contributed by atoms with Crippen LogP contribution in [0.15, 0.2) is 43.0 Å². The second-order valence-corrected chi connectivity index (χ2v) is 8.73. The molecule has 2 fully saturated rings. The van der Waals surface area contributed by atoms with E-state index in [1.807, 2.05) is 48.9 Å². The molecule has 2 saturated heterocycles. The van der Waals surface area contributed by atoms with E-state index in [0.717, 1.165) is 28.1 Å². The standard InChI is InChI=1S/C22H23N3O5/c1-21(2)28-17-18(29-21)22(3,9-13-4-5-15-16(8-13)27-12-26-15)30-20(17)25-7-6-14-10-23-11-24-19(14)25/h4-8,10-11,17-18,20H,9,12H2,1-3H3/t17-,18-,20-,22-/m1/s1. The van der Waals surface area contributed by atoms with E-state index in [2.05, 4.69) is 16.9 Å². The molecule has 0 aliphatic carbocycles. The zero-order valence-electron chi connectivity index (χ0n) is 17.1. The summed E-state index contributed by atoms with van der Waals surface area (Å²) in [6.07, 6.45) is 5.12. The van der Waals surface area contributed by atoms with Crippen molar-refractivity contribution in [3.05, 3.63) is 48.5 Å². The van der Waals surface area contributed by atoms with Gasteiger partial charge in [-0.15, -0.1) is 0 Å². The zero-order chi connectivity index (χ0) is 20.5. The number of ether oxygens (including phenoxy) is 5. The van der Waals surface area contributed by atoms with Gasteiger partial charge >= 0.3 is 0 Å². The molecule has 0 radical (unpaired) electrons. The van der Waals surface area contributed by atoms with Crippen molar-refractivity contribution in [3.8, 4) is 11.5 Å². The molecule has 0 unspecified atom stereocenters. The van der Waals surface area contributed by atoms with Gasteiger partial charge in [0.1, 0.15) is 29.8 Å². The SMILES string of the molecule is CC1(C)O[C@H]2[C@H](n3ccc4cncnc43)O[C@](C)(Cc3ccc4c(c3)OCO4)[C@@H]2O1. The maximum atomic E-state index is 6.67. The van der Waals surface area contributed by atoms with Crippen LogP contribution in [0.25, 0.3) is 11.0 Å². The summed E-state index contributed by atoms with van der Waals surface area (Å²) >= 11 is 0. The summed E-state index contributed by atoms with van der Waals surface area (Å²) in [7, 11) is 0. The molecule has 1 aromatic carbocycles. The molecule has 2 aromatic heterocycles. The van der Waals surface area contributed by atoms with Crippen molar-refractivity contribution in [3.63, 3.8) is 0 Å². The summed E-state index contributed by atoms with van der Waals surface area (Å²) in [4.78, 5) is 8.56. The van der Waals surface area contributed by atoms with Crippen molar-refractivity contribution >= 4 is 11.0 Å². The smallest absolute Gasteiger partial charge is 0.231 e. The molecule has 0 N–H and O–H groups in total. The third-order valence-corrected chi connectivity index (χ3v) is 6.05. The van der Waals surface area contributed by atoms with Crippen LogP contribution in [0.3, 0.4) is 0 Å². The Bertz CT molecular complexity index is 1130. The van der Waals surface area contributed by atoms with E-state index in [1.54, 1.807) is 12.5 Å². The molecule has 30 heavy (non-hydrogen) atoms. The fourth-order valence-corrected chi connectivity index (χ4v) is 4.80. The summed E-state index contributed by atoms with van der Waals surface area (Å²) in [6, 6.07) is 7.99. The maximum absolute atomic E-state index is 6.67. The average molecular weight is 409 g/mol. The minimum absolute atomic E-state index is 0.234. The van der Waals surface area contributed by atoms with Crippen LogP contribution in [0.2, 0.25) is 0 Å². The van der Waals surface area contributed by atoms with Crippen molar-refractivity contribution in [1.82, 2.24) is 14.5 Å². The molecular formula is C22H23N3O5. The number of benzene rings is 1. The van der Waals surface area contributed by atoms with Crippen molar-refractivity contribution in [1.29, 1.82) is 0 Å². The Morgan fingerprint density at radius 1 is 1.07 bits per heavy atom. The molecule has 5 heterocycles. The largest absolute Gasteiger partial charge is 0.454 e. The minimum atomic E-state index is -0.689. The van der Waals surface area contributed by atoms with Gasteiger partial charge in [-0.2, -0.15) is 0 Å². The summed E-state index contributed by atoms with van der Waals surface area (Å²) < 4.78 is 32.3. The van der Waals surface area contributed by atoms with Crippen molar-refractivity contribution in [2.24, 2.45) is 0 Å². The highest BCUT2D eigenvalue weighted by atomic mass is 16.8. The lowest BCUT2D eigenvalue weighted by molar-refractivity contribution is -0.216. The van der Waals surface area contributed by atoms with Gasteiger partial charge in [-0.05, 0) is 44.5 Å². The first kappa shape index (κ1) is 18.1. The van der Waals surface area contributed by atoms with Crippen molar-refractivity contribution < 1.29 is 23.7 Å². The number of fused-ring (bicyclic) bond motifs is 3. The predicted octanol–water partition coefficient (Wildman–Crippen LogP) is 3.21. The molecule has 6 rings (SSSR count). The Hall–Kier alpha value is -2.68. The van der Waals surface area contributed by atoms with E-state index >= 15 is 0 Å². The molecule has 4 atom stereocenters. The van der Waals surface area contributed by atoms with E-state index in [1.165, 1.54) is 0 Å². The Balaban J connectivity index is 1.38. The number of nitrogens with zero attached hydrogens (tertiary/aromatic N) is 3. The number of aromatic nitrogens is 3.